The van der Waals surface area contributed by atoms with Crippen LogP contribution in [-0.2, 0) is 11.3 Å². The van der Waals surface area contributed by atoms with Crippen molar-refractivity contribution in [2.24, 2.45) is 0 Å². The Labute approximate surface area is 179 Å². The van der Waals surface area contributed by atoms with Gasteiger partial charge in [0.1, 0.15) is 5.69 Å². The number of rotatable bonds is 9. The van der Waals surface area contributed by atoms with E-state index in [4.69, 9.17) is 4.74 Å². The summed E-state index contributed by atoms with van der Waals surface area (Å²) in [5, 5.41) is 3.02. The summed E-state index contributed by atoms with van der Waals surface area (Å²) in [7, 11) is 0. The highest BCUT2D eigenvalue weighted by molar-refractivity contribution is 6.08. The summed E-state index contributed by atoms with van der Waals surface area (Å²) in [5.41, 5.74) is 5.08. The molecule has 6 heteroatoms. The molecule has 0 radical (unpaired) electrons. The molecule has 0 fully saturated rings. The highest BCUT2D eigenvalue weighted by Crippen LogP contribution is 2.27. The van der Waals surface area contributed by atoms with Gasteiger partial charge in [0.25, 0.3) is 5.91 Å². The van der Waals surface area contributed by atoms with E-state index in [0.717, 1.165) is 30.0 Å². The molecule has 0 aliphatic rings. The van der Waals surface area contributed by atoms with Gasteiger partial charge in [-0.3, -0.25) is 4.79 Å². The van der Waals surface area contributed by atoms with E-state index in [-0.39, 0.29) is 12.5 Å². The minimum Gasteiger partial charge on any atom is -0.461 e. The Kier molecular flexibility index (Phi) is 7.86. The van der Waals surface area contributed by atoms with Crippen LogP contribution in [0.4, 0.5) is 11.4 Å². The second-order valence-corrected chi connectivity index (χ2v) is 7.18. The average Bonchev–Trinajstić information content (AvgIpc) is 2.95. The third-order valence-corrected chi connectivity index (χ3v) is 5.36. The van der Waals surface area contributed by atoms with E-state index in [1.807, 2.05) is 26.0 Å². The Balaban J connectivity index is 2.41. The first kappa shape index (κ1) is 23.3. The first-order chi connectivity index (χ1) is 14.3. The molecule has 30 heavy (non-hydrogen) atoms. The zero-order valence-corrected chi connectivity index (χ0v) is 19.0. The smallest absolute Gasteiger partial charge is 0.355 e. The number of ether oxygens (including phenoxy) is 1. The van der Waals surface area contributed by atoms with Gasteiger partial charge in [0.05, 0.1) is 12.2 Å². The van der Waals surface area contributed by atoms with Gasteiger partial charge in [-0.15, -0.1) is 6.58 Å². The summed E-state index contributed by atoms with van der Waals surface area (Å²) in [6.07, 6.45) is 1.70. The number of anilines is 2. The fourth-order valence-corrected chi connectivity index (χ4v) is 3.81. The highest BCUT2D eigenvalue weighted by atomic mass is 16.5. The number of esters is 1. The van der Waals surface area contributed by atoms with Gasteiger partial charge >= 0.3 is 5.97 Å². The van der Waals surface area contributed by atoms with Gasteiger partial charge in [0.2, 0.25) is 0 Å². The number of amides is 1. The Bertz CT molecular complexity index is 940. The van der Waals surface area contributed by atoms with Gasteiger partial charge in [-0.25, -0.2) is 4.79 Å². The Morgan fingerprint density at radius 1 is 1.17 bits per heavy atom. The number of carbonyl (C=O) groups is 2. The van der Waals surface area contributed by atoms with E-state index < -0.39 is 5.97 Å². The lowest BCUT2D eigenvalue weighted by Crippen LogP contribution is -2.22. The molecule has 1 aromatic carbocycles. The summed E-state index contributed by atoms with van der Waals surface area (Å²) in [6, 6.07) is 6.02. The Morgan fingerprint density at radius 2 is 1.83 bits per heavy atom. The molecule has 2 rings (SSSR count). The lowest BCUT2D eigenvalue weighted by Gasteiger charge is -2.22. The van der Waals surface area contributed by atoms with E-state index >= 15 is 0 Å². The number of benzene rings is 1. The summed E-state index contributed by atoms with van der Waals surface area (Å²) < 4.78 is 6.99. The molecule has 1 N–H and O–H groups in total. The van der Waals surface area contributed by atoms with Crippen LogP contribution < -0.4 is 10.2 Å². The van der Waals surface area contributed by atoms with Crippen molar-refractivity contribution in [3.8, 4) is 0 Å². The van der Waals surface area contributed by atoms with Gasteiger partial charge in [-0.05, 0) is 70.9 Å². The highest BCUT2D eigenvalue weighted by Gasteiger charge is 2.27. The molecule has 1 amide bonds. The molecule has 0 spiro atoms. The molecule has 0 aliphatic heterocycles. The number of allylic oxidation sites excluding steroid dienone is 1. The van der Waals surface area contributed by atoms with Gasteiger partial charge in [-0.1, -0.05) is 6.08 Å². The molecule has 2 aromatic rings. The van der Waals surface area contributed by atoms with Crippen molar-refractivity contribution in [2.45, 2.75) is 48.1 Å². The Morgan fingerprint density at radius 3 is 2.37 bits per heavy atom. The molecule has 0 saturated carbocycles. The number of aryl methyl sites for hydroxylation is 1. The largest absolute Gasteiger partial charge is 0.461 e. The van der Waals surface area contributed by atoms with Crippen LogP contribution in [0.15, 0.2) is 30.9 Å². The molecule has 1 aromatic heterocycles. The topological polar surface area (TPSA) is 63.6 Å². The third kappa shape index (κ3) is 4.58. The number of aromatic nitrogens is 1. The number of carbonyl (C=O) groups excluding carboxylic acids is 2. The second-order valence-electron chi connectivity index (χ2n) is 7.18. The third-order valence-electron chi connectivity index (χ3n) is 5.36. The van der Waals surface area contributed by atoms with E-state index in [0.29, 0.717) is 29.1 Å². The van der Waals surface area contributed by atoms with Crippen molar-refractivity contribution in [1.82, 2.24) is 4.57 Å². The molecule has 0 unspecified atom stereocenters. The summed E-state index contributed by atoms with van der Waals surface area (Å²) in [5.74, 6) is -0.671. The second kappa shape index (κ2) is 10.1. The van der Waals surface area contributed by atoms with Crippen LogP contribution in [0.5, 0.6) is 0 Å². The van der Waals surface area contributed by atoms with Gasteiger partial charge in [0, 0.05) is 36.7 Å². The van der Waals surface area contributed by atoms with Crippen molar-refractivity contribution in [3.05, 3.63) is 58.9 Å². The van der Waals surface area contributed by atoms with E-state index in [1.54, 1.807) is 24.5 Å². The summed E-state index contributed by atoms with van der Waals surface area (Å²) in [4.78, 5) is 27.9. The van der Waals surface area contributed by atoms with Crippen LogP contribution in [0.3, 0.4) is 0 Å². The quantitative estimate of drug-likeness (QED) is 0.472. The molecular formula is C24H33N3O3. The first-order valence-corrected chi connectivity index (χ1v) is 10.4. The predicted molar refractivity (Wildman–Crippen MR) is 123 cm³/mol. The van der Waals surface area contributed by atoms with Crippen molar-refractivity contribution < 1.29 is 14.3 Å². The molecule has 0 atom stereocenters. The number of nitrogens with one attached hydrogen (secondary N) is 1. The zero-order valence-electron chi connectivity index (χ0n) is 19.0. The SMILES string of the molecule is C=CCn1c(C)c(C(=O)Nc2ccc(N(CC)CC)cc2C)c(C)c1C(=O)OCC. The van der Waals surface area contributed by atoms with E-state index in [1.165, 1.54) is 0 Å². The minimum atomic E-state index is -0.432. The molecule has 162 valence electrons. The lowest BCUT2D eigenvalue weighted by atomic mass is 10.1. The molecule has 6 nitrogen and oxygen atoms in total. The van der Waals surface area contributed by atoms with E-state index in [9.17, 15) is 9.59 Å². The minimum absolute atomic E-state index is 0.239. The normalized spacial score (nSPS) is 10.6. The van der Waals surface area contributed by atoms with Crippen LogP contribution in [0.25, 0.3) is 0 Å². The molecular weight excluding hydrogens is 378 g/mol. The number of nitrogens with zero attached hydrogens (tertiary/aromatic N) is 2. The first-order valence-electron chi connectivity index (χ1n) is 10.4. The zero-order chi connectivity index (χ0) is 22.4. The van der Waals surface area contributed by atoms with Crippen LogP contribution >= 0.6 is 0 Å². The van der Waals surface area contributed by atoms with Gasteiger partial charge in [-0.2, -0.15) is 0 Å². The maximum absolute atomic E-state index is 13.2. The van der Waals surface area contributed by atoms with Crippen molar-refractivity contribution >= 4 is 23.3 Å². The molecule has 0 saturated heterocycles. The fraction of sp³-hybridized carbons (Fsp3) is 0.417. The fourth-order valence-electron chi connectivity index (χ4n) is 3.81. The summed E-state index contributed by atoms with van der Waals surface area (Å²) >= 11 is 0. The predicted octanol–water partition coefficient (Wildman–Crippen LogP) is 4.87. The van der Waals surface area contributed by atoms with Crippen LogP contribution in [0.1, 0.15) is 58.4 Å². The molecule has 1 heterocycles. The number of hydrogen-bond donors (Lipinski definition) is 1. The summed E-state index contributed by atoms with van der Waals surface area (Å²) in [6.45, 7) is 17.9. The standard InChI is InChI=1S/C24H33N3O3/c1-8-14-27-18(7)21(17(6)22(27)24(29)30-11-4)23(28)25-20-13-12-19(15-16(20)5)26(9-2)10-3/h8,12-13,15H,1,9-11,14H2,2-7H3,(H,25,28). The van der Waals surface area contributed by atoms with Crippen molar-refractivity contribution in [1.29, 1.82) is 0 Å². The van der Waals surface area contributed by atoms with Crippen molar-refractivity contribution in [2.75, 3.05) is 29.9 Å². The van der Waals surface area contributed by atoms with Crippen LogP contribution in [0, 0.1) is 20.8 Å². The Hall–Kier alpha value is -3.02. The maximum Gasteiger partial charge on any atom is 0.355 e. The molecule has 0 aliphatic carbocycles. The van der Waals surface area contributed by atoms with Crippen LogP contribution in [-0.4, -0.2) is 36.1 Å². The monoisotopic (exact) mass is 411 g/mol. The van der Waals surface area contributed by atoms with Gasteiger partial charge < -0.3 is 19.5 Å². The van der Waals surface area contributed by atoms with E-state index in [2.05, 4.69) is 36.7 Å². The maximum atomic E-state index is 13.2. The van der Waals surface area contributed by atoms with Gasteiger partial charge in [0.15, 0.2) is 0 Å². The molecule has 0 bridgehead atoms. The average molecular weight is 412 g/mol. The lowest BCUT2D eigenvalue weighted by molar-refractivity contribution is 0.0513. The van der Waals surface area contributed by atoms with Crippen LogP contribution in [0.2, 0.25) is 0 Å². The number of hydrogen-bond acceptors (Lipinski definition) is 4. The van der Waals surface area contributed by atoms with Crippen molar-refractivity contribution in [3.63, 3.8) is 0 Å².